The number of nitrogen functional groups attached to an aromatic ring is 1. The largest absolute Gasteiger partial charge is 0.380 e. The minimum Gasteiger partial charge on any atom is -0.380 e. The first kappa shape index (κ1) is 6.03. The number of hydrogen-bond donors (Lipinski definition) is 1. The average Bonchev–Trinajstić information content (AvgIpc) is 2.25. The predicted octanol–water partition coefficient (Wildman–Crippen LogP) is 0.559. The van der Waals surface area contributed by atoms with Crippen LogP contribution in [-0.2, 0) is 0 Å². The highest BCUT2D eigenvalue weighted by Crippen LogP contribution is 2.19. The van der Waals surface area contributed by atoms with E-state index in [0.717, 1.165) is 5.69 Å². The van der Waals surface area contributed by atoms with E-state index in [0.29, 0.717) is 11.5 Å². The second-order valence-electron chi connectivity index (χ2n) is 2.15. The highest BCUT2D eigenvalue weighted by atomic mass is 15.2. The normalized spacial score (nSPS) is 10.2. The molecule has 0 saturated carbocycles. The topological polar surface area (TPSA) is 64.7 Å². The van der Waals surface area contributed by atoms with E-state index in [9.17, 15) is 0 Å². The van der Waals surface area contributed by atoms with E-state index in [-0.39, 0.29) is 0 Å². The number of nitrogens with zero attached hydrogens (tertiary/aromatic N) is 3. The van der Waals surface area contributed by atoms with Gasteiger partial charge in [-0.05, 0) is 12.1 Å². The maximum Gasteiger partial charge on any atom is 0.174 e. The SMILES string of the molecule is Nc1nnc2ccccnc1-2. The molecular formula is C7H6N4. The van der Waals surface area contributed by atoms with Gasteiger partial charge >= 0.3 is 0 Å². The van der Waals surface area contributed by atoms with Crippen molar-refractivity contribution < 1.29 is 0 Å². The lowest BCUT2D eigenvalue weighted by Gasteiger charge is -1.84. The van der Waals surface area contributed by atoms with E-state index in [1.54, 1.807) is 6.20 Å². The number of nitrogens with two attached hydrogens (primary N) is 1. The zero-order chi connectivity index (χ0) is 7.68. The minimum atomic E-state index is 0.385. The van der Waals surface area contributed by atoms with Crippen molar-refractivity contribution in [2.45, 2.75) is 0 Å². The van der Waals surface area contributed by atoms with Crippen LogP contribution in [0.25, 0.3) is 11.4 Å². The van der Waals surface area contributed by atoms with Gasteiger partial charge < -0.3 is 5.73 Å². The molecule has 0 saturated heterocycles. The number of anilines is 1. The molecule has 0 spiro atoms. The van der Waals surface area contributed by atoms with E-state index >= 15 is 0 Å². The maximum atomic E-state index is 5.50. The molecule has 54 valence electrons. The number of rotatable bonds is 0. The molecule has 0 fully saturated rings. The summed E-state index contributed by atoms with van der Waals surface area (Å²) in [5.74, 6) is 0.385. The van der Waals surface area contributed by atoms with Gasteiger partial charge in [-0.15, -0.1) is 10.2 Å². The van der Waals surface area contributed by atoms with Crippen LogP contribution in [0, 0.1) is 0 Å². The van der Waals surface area contributed by atoms with Crippen LogP contribution in [-0.4, -0.2) is 15.2 Å². The Morgan fingerprint density at radius 2 is 2.09 bits per heavy atom. The number of hydrogen-bond acceptors (Lipinski definition) is 4. The molecule has 0 aromatic carbocycles. The first-order chi connectivity index (χ1) is 5.38. The summed E-state index contributed by atoms with van der Waals surface area (Å²) < 4.78 is 0. The Kier molecular flexibility index (Phi) is 1.18. The number of fused-ring (bicyclic) bond motifs is 1. The monoisotopic (exact) mass is 146 g/mol. The summed E-state index contributed by atoms with van der Waals surface area (Å²) in [6.45, 7) is 0. The van der Waals surface area contributed by atoms with Crippen LogP contribution in [0.3, 0.4) is 0 Å². The Labute approximate surface area is 63.4 Å². The second-order valence-corrected chi connectivity index (χ2v) is 2.15. The van der Waals surface area contributed by atoms with E-state index in [2.05, 4.69) is 15.2 Å². The zero-order valence-electron chi connectivity index (χ0n) is 5.73. The van der Waals surface area contributed by atoms with Crippen LogP contribution >= 0.6 is 0 Å². The fraction of sp³-hybridized carbons (Fsp3) is 0. The molecule has 11 heavy (non-hydrogen) atoms. The first-order valence-corrected chi connectivity index (χ1v) is 3.21. The van der Waals surface area contributed by atoms with E-state index in [4.69, 9.17) is 5.73 Å². The van der Waals surface area contributed by atoms with Crippen molar-refractivity contribution in [2.24, 2.45) is 0 Å². The van der Waals surface area contributed by atoms with Gasteiger partial charge in [-0.1, -0.05) is 6.07 Å². The first-order valence-electron chi connectivity index (χ1n) is 3.21. The second kappa shape index (κ2) is 2.16. The van der Waals surface area contributed by atoms with E-state index in [1.165, 1.54) is 0 Å². The molecule has 2 N–H and O–H groups in total. The molecule has 0 radical (unpaired) electrons. The van der Waals surface area contributed by atoms with Gasteiger partial charge in [0.1, 0.15) is 11.4 Å². The predicted molar refractivity (Wildman–Crippen MR) is 40.9 cm³/mol. The van der Waals surface area contributed by atoms with Crippen LogP contribution in [0.1, 0.15) is 0 Å². The lowest BCUT2D eigenvalue weighted by molar-refractivity contribution is 1.11. The molecule has 2 aliphatic heterocycles. The standard InChI is InChI=1S/C7H6N4/c8-7-6-5(10-11-7)3-1-2-4-9-6/h1-4H,(H2,8,11). The van der Waals surface area contributed by atoms with Gasteiger partial charge in [0, 0.05) is 6.20 Å². The van der Waals surface area contributed by atoms with Gasteiger partial charge in [-0.3, -0.25) is 4.98 Å². The molecule has 2 rings (SSSR count). The van der Waals surface area contributed by atoms with Crippen molar-refractivity contribution in [3.63, 3.8) is 0 Å². The van der Waals surface area contributed by atoms with Crippen LogP contribution in [0.2, 0.25) is 0 Å². The van der Waals surface area contributed by atoms with E-state index < -0.39 is 0 Å². The molecule has 0 amide bonds. The Balaban J connectivity index is 2.75. The fourth-order valence-electron chi connectivity index (χ4n) is 0.892. The van der Waals surface area contributed by atoms with Gasteiger partial charge in [0.05, 0.1) is 0 Å². The third kappa shape index (κ3) is 0.881. The molecule has 0 aromatic rings. The summed E-state index contributed by atoms with van der Waals surface area (Å²) in [5.41, 5.74) is 6.89. The van der Waals surface area contributed by atoms with Crippen molar-refractivity contribution in [1.82, 2.24) is 15.2 Å². The van der Waals surface area contributed by atoms with Crippen molar-refractivity contribution in [3.05, 3.63) is 24.4 Å². The Morgan fingerprint density at radius 1 is 1.18 bits per heavy atom. The minimum absolute atomic E-state index is 0.385. The van der Waals surface area contributed by atoms with Gasteiger partial charge in [-0.2, -0.15) is 0 Å². The molecule has 2 heterocycles. The Morgan fingerprint density at radius 3 is 3.00 bits per heavy atom. The quantitative estimate of drug-likeness (QED) is 0.589. The smallest absolute Gasteiger partial charge is 0.174 e. The summed E-state index contributed by atoms with van der Waals surface area (Å²) in [5, 5.41) is 7.51. The van der Waals surface area contributed by atoms with Gasteiger partial charge in [-0.25, -0.2) is 0 Å². The summed E-state index contributed by atoms with van der Waals surface area (Å²) >= 11 is 0. The maximum absolute atomic E-state index is 5.50. The van der Waals surface area contributed by atoms with Crippen LogP contribution < -0.4 is 5.73 Å². The molecule has 0 aliphatic carbocycles. The van der Waals surface area contributed by atoms with Crippen molar-refractivity contribution in [1.29, 1.82) is 0 Å². The lowest BCUT2D eigenvalue weighted by atomic mass is 10.3. The van der Waals surface area contributed by atoms with Crippen LogP contribution in [0.5, 0.6) is 0 Å². The van der Waals surface area contributed by atoms with Crippen molar-refractivity contribution in [3.8, 4) is 11.4 Å². The molecule has 0 bridgehead atoms. The average molecular weight is 146 g/mol. The molecule has 0 atom stereocenters. The molecule has 2 aliphatic rings. The third-order valence-corrected chi connectivity index (χ3v) is 1.41. The fourth-order valence-corrected chi connectivity index (χ4v) is 0.892. The highest BCUT2D eigenvalue weighted by Gasteiger charge is 2.08. The molecule has 4 nitrogen and oxygen atoms in total. The summed E-state index contributed by atoms with van der Waals surface area (Å²) in [7, 11) is 0. The summed E-state index contributed by atoms with van der Waals surface area (Å²) in [6.07, 6.45) is 1.67. The lowest BCUT2D eigenvalue weighted by Crippen LogP contribution is -1.86. The number of aromatic nitrogens is 3. The van der Waals surface area contributed by atoms with Crippen LogP contribution in [0.4, 0.5) is 5.82 Å². The molecular weight excluding hydrogens is 140 g/mol. The summed E-state index contributed by atoms with van der Waals surface area (Å²) in [4.78, 5) is 4.05. The zero-order valence-corrected chi connectivity index (χ0v) is 5.73. The van der Waals surface area contributed by atoms with Gasteiger partial charge in [0.25, 0.3) is 0 Å². The molecule has 4 heteroatoms. The van der Waals surface area contributed by atoms with Crippen molar-refractivity contribution >= 4 is 5.82 Å². The highest BCUT2D eigenvalue weighted by molar-refractivity contribution is 5.66. The third-order valence-electron chi connectivity index (χ3n) is 1.41. The Hall–Kier alpha value is -1.71. The van der Waals surface area contributed by atoms with Gasteiger partial charge in [0.15, 0.2) is 5.82 Å². The molecule has 0 unspecified atom stereocenters. The van der Waals surface area contributed by atoms with Crippen molar-refractivity contribution in [2.75, 3.05) is 5.73 Å². The van der Waals surface area contributed by atoms with E-state index in [1.807, 2.05) is 18.2 Å². The van der Waals surface area contributed by atoms with Crippen LogP contribution in [0.15, 0.2) is 24.4 Å². The molecule has 0 aromatic heterocycles. The summed E-state index contributed by atoms with van der Waals surface area (Å²) in [6, 6.07) is 5.50. The van der Waals surface area contributed by atoms with Gasteiger partial charge in [0.2, 0.25) is 0 Å². The Bertz CT molecular complexity index is 346.